The molecule has 0 radical (unpaired) electrons. The Morgan fingerprint density at radius 2 is 2.00 bits per heavy atom. The van der Waals surface area contributed by atoms with Gasteiger partial charge in [0.1, 0.15) is 6.04 Å². The Balaban J connectivity index is 2.30. The second-order valence-electron chi connectivity index (χ2n) is 4.40. The monoisotopic (exact) mass is 228 g/mol. The summed E-state index contributed by atoms with van der Waals surface area (Å²) in [5.41, 5.74) is 0. The topological polar surface area (TPSA) is 78.4 Å². The molecule has 0 aromatic rings. The van der Waals surface area contributed by atoms with Crippen molar-refractivity contribution in [2.45, 2.75) is 51.6 Å². The van der Waals surface area contributed by atoms with Gasteiger partial charge in [-0.2, -0.15) is 0 Å². The molecule has 0 bridgehead atoms. The van der Waals surface area contributed by atoms with Gasteiger partial charge in [-0.15, -0.1) is 0 Å². The summed E-state index contributed by atoms with van der Waals surface area (Å²) in [6, 6.07) is -1.05. The second kappa shape index (κ2) is 5.72. The molecule has 0 spiro atoms. The number of carbonyl (C=O) groups is 2. The van der Waals surface area contributed by atoms with E-state index < -0.39 is 12.0 Å². The number of amides is 2. The van der Waals surface area contributed by atoms with E-state index in [1.165, 1.54) is 6.42 Å². The summed E-state index contributed by atoms with van der Waals surface area (Å²) in [6.45, 7) is 3.69. The number of urea groups is 1. The van der Waals surface area contributed by atoms with Crippen LogP contribution in [0.25, 0.3) is 0 Å². The van der Waals surface area contributed by atoms with E-state index in [9.17, 15) is 9.59 Å². The Hall–Kier alpha value is -1.26. The molecule has 1 saturated carbocycles. The van der Waals surface area contributed by atoms with Gasteiger partial charge in [-0.25, -0.2) is 9.59 Å². The molecule has 1 rings (SSSR count). The fraction of sp³-hybridized carbons (Fsp3) is 0.818. The summed E-state index contributed by atoms with van der Waals surface area (Å²) in [6.07, 6.45) is 3.92. The average Bonchev–Trinajstić information content (AvgIpc) is 2.10. The van der Waals surface area contributed by atoms with E-state index in [-0.39, 0.29) is 12.1 Å². The van der Waals surface area contributed by atoms with Crippen LogP contribution in [0.2, 0.25) is 0 Å². The maximum absolute atomic E-state index is 11.5. The maximum Gasteiger partial charge on any atom is 0.326 e. The SMILES string of the molecule is CCC(NC(=O)NC(C)C1CCC1)C(=O)O. The normalized spacial score (nSPS) is 19.4. The van der Waals surface area contributed by atoms with Gasteiger partial charge in [0.15, 0.2) is 0 Å². The van der Waals surface area contributed by atoms with Gasteiger partial charge in [0, 0.05) is 6.04 Å². The summed E-state index contributed by atoms with van der Waals surface area (Å²) in [4.78, 5) is 22.2. The van der Waals surface area contributed by atoms with E-state index in [0.29, 0.717) is 12.3 Å². The molecule has 0 heterocycles. The molecule has 2 unspecified atom stereocenters. The smallest absolute Gasteiger partial charge is 0.326 e. The molecule has 92 valence electrons. The first-order valence-corrected chi connectivity index (χ1v) is 5.84. The van der Waals surface area contributed by atoms with Crippen LogP contribution < -0.4 is 10.6 Å². The highest BCUT2D eigenvalue weighted by molar-refractivity contribution is 5.82. The Morgan fingerprint density at radius 3 is 2.38 bits per heavy atom. The Labute approximate surface area is 95.6 Å². The summed E-state index contributed by atoms with van der Waals surface area (Å²) >= 11 is 0. The molecule has 5 nitrogen and oxygen atoms in total. The van der Waals surface area contributed by atoms with Crippen LogP contribution in [0.5, 0.6) is 0 Å². The van der Waals surface area contributed by atoms with Crippen LogP contribution in [0, 0.1) is 5.92 Å². The first-order valence-electron chi connectivity index (χ1n) is 5.84. The quantitative estimate of drug-likeness (QED) is 0.664. The van der Waals surface area contributed by atoms with E-state index in [1.807, 2.05) is 6.92 Å². The highest BCUT2D eigenvalue weighted by Gasteiger charge is 2.26. The van der Waals surface area contributed by atoms with Gasteiger partial charge in [-0.3, -0.25) is 0 Å². The van der Waals surface area contributed by atoms with Crippen molar-refractivity contribution in [2.75, 3.05) is 0 Å². The Kier molecular flexibility index (Phi) is 4.58. The molecule has 1 aliphatic rings. The molecular formula is C11H20N2O3. The van der Waals surface area contributed by atoms with Crippen molar-refractivity contribution < 1.29 is 14.7 Å². The number of nitrogens with one attached hydrogen (secondary N) is 2. The second-order valence-corrected chi connectivity index (χ2v) is 4.40. The molecule has 5 heteroatoms. The third-order valence-corrected chi connectivity index (χ3v) is 3.23. The molecular weight excluding hydrogens is 208 g/mol. The largest absolute Gasteiger partial charge is 0.480 e. The van der Waals surface area contributed by atoms with E-state index in [0.717, 1.165) is 12.8 Å². The van der Waals surface area contributed by atoms with Crippen molar-refractivity contribution in [3.63, 3.8) is 0 Å². The highest BCUT2D eigenvalue weighted by Crippen LogP contribution is 2.29. The molecule has 0 aromatic heterocycles. The van der Waals surface area contributed by atoms with Gasteiger partial charge in [0.2, 0.25) is 0 Å². The van der Waals surface area contributed by atoms with Crippen LogP contribution in [-0.4, -0.2) is 29.2 Å². The molecule has 0 saturated heterocycles. The molecule has 2 amide bonds. The Morgan fingerprint density at radius 1 is 1.38 bits per heavy atom. The zero-order chi connectivity index (χ0) is 12.1. The molecule has 16 heavy (non-hydrogen) atoms. The van der Waals surface area contributed by atoms with Gasteiger partial charge in [0.05, 0.1) is 0 Å². The van der Waals surface area contributed by atoms with Crippen molar-refractivity contribution in [3.8, 4) is 0 Å². The first-order chi connectivity index (χ1) is 7.54. The first kappa shape index (κ1) is 12.8. The van der Waals surface area contributed by atoms with Crippen LogP contribution in [0.4, 0.5) is 4.79 Å². The lowest BCUT2D eigenvalue weighted by atomic mass is 9.80. The summed E-state index contributed by atoms with van der Waals surface area (Å²) in [5.74, 6) is -0.440. The number of carboxylic acid groups (broad SMARTS) is 1. The summed E-state index contributed by atoms with van der Waals surface area (Å²) in [5, 5.41) is 14.0. The molecule has 3 N–H and O–H groups in total. The predicted octanol–water partition coefficient (Wildman–Crippen LogP) is 1.34. The van der Waals surface area contributed by atoms with E-state index in [1.54, 1.807) is 6.92 Å². The lowest BCUT2D eigenvalue weighted by Gasteiger charge is -2.32. The van der Waals surface area contributed by atoms with Crippen LogP contribution in [0.3, 0.4) is 0 Å². The molecule has 2 atom stereocenters. The standard InChI is InChI=1S/C11H20N2O3/c1-3-9(10(14)15)13-11(16)12-7(2)8-5-4-6-8/h7-9H,3-6H2,1-2H3,(H,14,15)(H2,12,13,16). The predicted molar refractivity (Wildman–Crippen MR) is 60.2 cm³/mol. The number of hydrogen-bond acceptors (Lipinski definition) is 2. The average molecular weight is 228 g/mol. The van der Waals surface area contributed by atoms with Crippen LogP contribution in [0.1, 0.15) is 39.5 Å². The highest BCUT2D eigenvalue weighted by atomic mass is 16.4. The third kappa shape index (κ3) is 3.40. The molecule has 1 fully saturated rings. The van der Waals surface area contributed by atoms with Crippen molar-refractivity contribution in [1.82, 2.24) is 10.6 Å². The summed E-state index contributed by atoms with van der Waals surface area (Å²) in [7, 11) is 0. The fourth-order valence-electron chi connectivity index (χ4n) is 1.80. The third-order valence-electron chi connectivity index (χ3n) is 3.23. The molecule has 0 aromatic carbocycles. The minimum Gasteiger partial charge on any atom is -0.480 e. The van der Waals surface area contributed by atoms with Crippen LogP contribution in [-0.2, 0) is 4.79 Å². The Bertz CT molecular complexity index is 264. The van der Waals surface area contributed by atoms with Crippen molar-refractivity contribution in [1.29, 1.82) is 0 Å². The maximum atomic E-state index is 11.5. The van der Waals surface area contributed by atoms with Gasteiger partial charge in [-0.05, 0) is 32.1 Å². The van der Waals surface area contributed by atoms with Crippen LogP contribution >= 0.6 is 0 Å². The minimum absolute atomic E-state index is 0.125. The van der Waals surface area contributed by atoms with E-state index >= 15 is 0 Å². The zero-order valence-corrected chi connectivity index (χ0v) is 9.82. The fourth-order valence-corrected chi connectivity index (χ4v) is 1.80. The van der Waals surface area contributed by atoms with Gasteiger partial charge in [-0.1, -0.05) is 13.3 Å². The van der Waals surface area contributed by atoms with E-state index in [4.69, 9.17) is 5.11 Å². The van der Waals surface area contributed by atoms with Crippen LogP contribution in [0.15, 0.2) is 0 Å². The van der Waals surface area contributed by atoms with Gasteiger partial charge < -0.3 is 15.7 Å². The van der Waals surface area contributed by atoms with Crippen molar-refractivity contribution in [2.24, 2.45) is 5.92 Å². The number of hydrogen-bond donors (Lipinski definition) is 3. The number of carboxylic acids is 1. The van der Waals surface area contributed by atoms with Crippen molar-refractivity contribution >= 4 is 12.0 Å². The lowest BCUT2D eigenvalue weighted by molar-refractivity contribution is -0.139. The number of rotatable bonds is 5. The lowest BCUT2D eigenvalue weighted by Crippen LogP contribution is -2.50. The van der Waals surface area contributed by atoms with Gasteiger partial charge in [0.25, 0.3) is 0 Å². The zero-order valence-electron chi connectivity index (χ0n) is 9.82. The minimum atomic E-state index is -0.992. The van der Waals surface area contributed by atoms with E-state index in [2.05, 4.69) is 10.6 Å². The number of carbonyl (C=O) groups excluding carboxylic acids is 1. The van der Waals surface area contributed by atoms with Gasteiger partial charge >= 0.3 is 12.0 Å². The van der Waals surface area contributed by atoms with Crippen molar-refractivity contribution in [3.05, 3.63) is 0 Å². The summed E-state index contributed by atoms with van der Waals surface area (Å²) < 4.78 is 0. The number of aliphatic carboxylic acids is 1. The molecule has 0 aliphatic heterocycles. The molecule has 1 aliphatic carbocycles.